The highest BCUT2D eigenvalue weighted by Gasteiger charge is 2.10. The fourth-order valence-electron chi connectivity index (χ4n) is 1.64. The third-order valence-electron chi connectivity index (χ3n) is 2.18. The predicted octanol–water partition coefficient (Wildman–Crippen LogP) is 3.24. The van der Waals surface area contributed by atoms with Crippen LogP contribution in [0.5, 0.6) is 0 Å². The van der Waals surface area contributed by atoms with E-state index in [2.05, 4.69) is 48.1 Å². The fraction of sp³-hybridized carbons (Fsp3) is 0.273. The molecular weight excluding hydrogens is 178 g/mol. The van der Waals surface area contributed by atoms with Crippen molar-refractivity contribution in [2.45, 2.75) is 19.8 Å². The van der Waals surface area contributed by atoms with Crippen molar-refractivity contribution >= 4 is 11.3 Å². The van der Waals surface area contributed by atoms with E-state index in [1.54, 1.807) is 11.3 Å². The number of rotatable bonds is 1. The largest absolute Gasteiger partial charge is 0.363 e. The minimum atomic E-state index is 0.465. The maximum atomic E-state index is 3.30. The summed E-state index contributed by atoms with van der Waals surface area (Å²) in [5.41, 5.74) is 3.89. The lowest BCUT2D eigenvalue weighted by Gasteiger charge is -2.18. The second-order valence-electron chi connectivity index (χ2n) is 3.41. The van der Waals surface area contributed by atoms with Gasteiger partial charge in [0.15, 0.2) is 0 Å². The van der Waals surface area contributed by atoms with Gasteiger partial charge in [-0.1, -0.05) is 12.2 Å². The molecule has 1 aromatic heterocycles. The summed E-state index contributed by atoms with van der Waals surface area (Å²) in [6, 6.07) is 2.19. The van der Waals surface area contributed by atoms with E-state index in [0.29, 0.717) is 5.92 Å². The Kier molecular flexibility index (Phi) is 2.23. The van der Waals surface area contributed by atoms with Gasteiger partial charge in [-0.2, -0.15) is 11.3 Å². The lowest BCUT2D eigenvalue weighted by Crippen LogP contribution is -2.14. The minimum absolute atomic E-state index is 0.465. The number of nitrogens with one attached hydrogen (secondary N) is 1. The molecule has 0 atom stereocenters. The van der Waals surface area contributed by atoms with Crippen molar-refractivity contribution in [2.24, 2.45) is 0 Å². The predicted molar refractivity (Wildman–Crippen MR) is 57.7 cm³/mol. The fourth-order valence-corrected chi connectivity index (χ4v) is 2.35. The van der Waals surface area contributed by atoms with Crippen LogP contribution in [0.2, 0.25) is 0 Å². The van der Waals surface area contributed by atoms with Crippen LogP contribution in [0.15, 0.2) is 40.4 Å². The Morgan fingerprint density at radius 3 is 2.46 bits per heavy atom. The van der Waals surface area contributed by atoms with Crippen molar-refractivity contribution < 1.29 is 0 Å². The van der Waals surface area contributed by atoms with Crippen molar-refractivity contribution in [2.75, 3.05) is 0 Å². The van der Waals surface area contributed by atoms with E-state index >= 15 is 0 Å². The van der Waals surface area contributed by atoms with Crippen molar-refractivity contribution in [3.8, 4) is 0 Å². The van der Waals surface area contributed by atoms with Gasteiger partial charge in [0, 0.05) is 17.3 Å². The molecule has 0 aliphatic carbocycles. The summed E-state index contributed by atoms with van der Waals surface area (Å²) in [6.45, 7) is 4.21. The summed E-state index contributed by atoms with van der Waals surface area (Å²) in [5.74, 6) is 0.465. The van der Waals surface area contributed by atoms with Crippen LogP contribution in [-0.4, -0.2) is 0 Å². The molecule has 1 aliphatic rings. The molecule has 0 radical (unpaired) electrons. The molecule has 0 fully saturated rings. The van der Waals surface area contributed by atoms with Crippen LogP contribution in [0.25, 0.3) is 0 Å². The summed E-state index contributed by atoms with van der Waals surface area (Å²) in [7, 11) is 0. The van der Waals surface area contributed by atoms with Crippen molar-refractivity contribution in [3.05, 3.63) is 45.9 Å². The first-order valence-corrected chi connectivity index (χ1v) is 5.36. The molecule has 2 heteroatoms. The molecule has 68 valence electrons. The average Bonchev–Trinajstić information content (AvgIpc) is 2.53. The molecule has 0 spiro atoms. The normalized spacial score (nSPS) is 17.7. The van der Waals surface area contributed by atoms with Crippen LogP contribution in [0.3, 0.4) is 0 Å². The van der Waals surface area contributed by atoms with Crippen molar-refractivity contribution in [1.82, 2.24) is 5.32 Å². The summed E-state index contributed by atoms with van der Waals surface area (Å²) in [6.07, 6.45) is 4.52. The zero-order valence-corrected chi connectivity index (χ0v) is 8.69. The second-order valence-corrected chi connectivity index (χ2v) is 4.19. The molecule has 1 nitrogen and oxygen atoms in total. The third kappa shape index (κ3) is 1.83. The van der Waals surface area contributed by atoms with Gasteiger partial charge in [0.2, 0.25) is 0 Å². The van der Waals surface area contributed by atoms with Crippen LogP contribution < -0.4 is 5.32 Å². The van der Waals surface area contributed by atoms with Gasteiger partial charge in [-0.3, -0.25) is 0 Å². The van der Waals surface area contributed by atoms with Gasteiger partial charge in [-0.15, -0.1) is 0 Å². The second kappa shape index (κ2) is 3.38. The molecule has 0 amide bonds. The van der Waals surface area contributed by atoms with E-state index in [-0.39, 0.29) is 0 Å². The van der Waals surface area contributed by atoms with E-state index in [1.165, 1.54) is 17.0 Å². The number of allylic oxidation sites excluding steroid dienone is 4. The van der Waals surface area contributed by atoms with Crippen LogP contribution in [0, 0.1) is 0 Å². The molecule has 0 aromatic carbocycles. The first-order chi connectivity index (χ1) is 6.25. The van der Waals surface area contributed by atoms with Gasteiger partial charge in [0.1, 0.15) is 0 Å². The van der Waals surface area contributed by atoms with Crippen LogP contribution in [0.4, 0.5) is 0 Å². The van der Waals surface area contributed by atoms with Crippen LogP contribution in [-0.2, 0) is 0 Å². The quantitative estimate of drug-likeness (QED) is 0.718. The molecule has 2 heterocycles. The summed E-state index contributed by atoms with van der Waals surface area (Å²) in [5, 5.41) is 7.64. The van der Waals surface area contributed by atoms with E-state index in [4.69, 9.17) is 0 Å². The number of hydrogen-bond acceptors (Lipinski definition) is 2. The molecule has 13 heavy (non-hydrogen) atoms. The molecule has 2 rings (SSSR count). The van der Waals surface area contributed by atoms with Gasteiger partial charge < -0.3 is 5.32 Å². The van der Waals surface area contributed by atoms with Gasteiger partial charge in [0.05, 0.1) is 0 Å². The van der Waals surface area contributed by atoms with Crippen molar-refractivity contribution in [1.29, 1.82) is 0 Å². The molecule has 0 bridgehead atoms. The Balaban J connectivity index is 2.29. The van der Waals surface area contributed by atoms with Gasteiger partial charge in [0.25, 0.3) is 0 Å². The standard InChI is InChI=1S/C11H13NS/c1-8-5-11(6-9(2)12-8)10-3-4-13-7-10/h3-7,11-12H,1-2H3. The molecule has 1 aliphatic heterocycles. The Bertz CT molecular complexity index is 328. The molecule has 1 aromatic rings. The zero-order valence-electron chi connectivity index (χ0n) is 7.87. The highest BCUT2D eigenvalue weighted by Crippen LogP contribution is 2.26. The maximum absolute atomic E-state index is 3.30. The molecule has 0 unspecified atom stereocenters. The Morgan fingerprint density at radius 2 is 1.92 bits per heavy atom. The van der Waals surface area contributed by atoms with E-state index < -0.39 is 0 Å². The van der Waals surface area contributed by atoms with Gasteiger partial charge >= 0.3 is 0 Å². The monoisotopic (exact) mass is 191 g/mol. The minimum Gasteiger partial charge on any atom is -0.363 e. The van der Waals surface area contributed by atoms with E-state index in [0.717, 1.165) is 0 Å². The lowest BCUT2D eigenvalue weighted by atomic mass is 9.97. The molecular formula is C11H13NS. The molecule has 1 N–H and O–H groups in total. The summed E-state index contributed by atoms with van der Waals surface area (Å²) >= 11 is 1.76. The van der Waals surface area contributed by atoms with E-state index in [1.807, 2.05) is 0 Å². The van der Waals surface area contributed by atoms with Crippen LogP contribution >= 0.6 is 11.3 Å². The highest BCUT2D eigenvalue weighted by atomic mass is 32.1. The zero-order chi connectivity index (χ0) is 9.26. The lowest BCUT2D eigenvalue weighted by molar-refractivity contribution is 0.872. The number of hydrogen-bond donors (Lipinski definition) is 1. The highest BCUT2D eigenvalue weighted by molar-refractivity contribution is 7.08. The summed E-state index contributed by atoms with van der Waals surface area (Å²) < 4.78 is 0. The first-order valence-electron chi connectivity index (χ1n) is 4.41. The SMILES string of the molecule is CC1=CC(c2ccsc2)C=C(C)N1. The van der Waals surface area contributed by atoms with Gasteiger partial charge in [-0.25, -0.2) is 0 Å². The van der Waals surface area contributed by atoms with Gasteiger partial charge in [-0.05, 0) is 36.2 Å². The average molecular weight is 191 g/mol. The smallest absolute Gasteiger partial charge is 0.0246 e. The topological polar surface area (TPSA) is 12.0 Å². The maximum Gasteiger partial charge on any atom is 0.0246 e. The summed E-state index contributed by atoms with van der Waals surface area (Å²) in [4.78, 5) is 0. The Morgan fingerprint density at radius 1 is 1.23 bits per heavy atom. The molecule has 0 saturated heterocycles. The van der Waals surface area contributed by atoms with Crippen LogP contribution in [0.1, 0.15) is 25.3 Å². The Hall–Kier alpha value is -1.02. The number of thiophene rings is 1. The third-order valence-corrected chi connectivity index (χ3v) is 2.88. The Labute approximate surface area is 82.8 Å². The first kappa shape index (κ1) is 8.57. The van der Waals surface area contributed by atoms with Crippen molar-refractivity contribution in [3.63, 3.8) is 0 Å². The number of dihydropyridines is 1. The molecule has 0 saturated carbocycles. The van der Waals surface area contributed by atoms with E-state index in [9.17, 15) is 0 Å².